The second-order valence-corrected chi connectivity index (χ2v) is 5.98. The van der Waals surface area contributed by atoms with Gasteiger partial charge in [-0.1, -0.05) is 36.4 Å². The lowest BCUT2D eigenvalue weighted by Gasteiger charge is -2.11. The van der Waals surface area contributed by atoms with Gasteiger partial charge in [0.15, 0.2) is 5.96 Å². The fourth-order valence-electron chi connectivity index (χ4n) is 2.78. The van der Waals surface area contributed by atoms with Crippen LogP contribution < -0.4 is 10.6 Å². The summed E-state index contributed by atoms with van der Waals surface area (Å²) in [7, 11) is 0. The van der Waals surface area contributed by atoms with Gasteiger partial charge in [-0.25, -0.2) is 9.38 Å². The molecule has 27 heavy (non-hydrogen) atoms. The molecule has 3 aromatic rings. The van der Waals surface area contributed by atoms with Gasteiger partial charge in [0, 0.05) is 24.7 Å². The minimum atomic E-state index is -0.209. The zero-order valence-corrected chi connectivity index (χ0v) is 17.6. The SMILES string of the molecule is CCNC(=NCc1nccc2ccccc12)NCCc1ccc(F)cc1.I. The van der Waals surface area contributed by atoms with Gasteiger partial charge < -0.3 is 10.6 Å². The summed E-state index contributed by atoms with van der Waals surface area (Å²) in [5.74, 6) is 0.545. The molecule has 0 aliphatic carbocycles. The van der Waals surface area contributed by atoms with E-state index >= 15 is 0 Å². The number of aromatic nitrogens is 1. The Morgan fingerprint density at radius 2 is 1.81 bits per heavy atom. The predicted molar refractivity (Wildman–Crippen MR) is 120 cm³/mol. The van der Waals surface area contributed by atoms with Crippen LogP contribution in [-0.2, 0) is 13.0 Å². The normalized spacial score (nSPS) is 11.1. The van der Waals surface area contributed by atoms with Crippen LogP contribution in [0.5, 0.6) is 0 Å². The molecule has 0 saturated heterocycles. The van der Waals surface area contributed by atoms with Crippen molar-refractivity contribution in [3.8, 4) is 0 Å². The highest BCUT2D eigenvalue weighted by molar-refractivity contribution is 14.0. The highest BCUT2D eigenvalue weighted by atomic mass is 127. The van der Waals surface area contributed by atoms with Crippen molar-refractivity contribution in [2.75, 3.05) is 13.1 Å². The van der Waals surface area contributed by atoms with Gasteiger partial charge in [0.1, 0.15) is 5.82 Å². The van der Waals surface area contributed by atoms with Gasteiger partial charge in [-0.2, -0.15) is 0 Å². The molecule has 0 aliphatic rings. The predicted octanol–water partition coefficient (Wildman–Crippen LogP) is 4.29. The number of nitrogens with zero attached hydrogens (tertiary/aromatic N) is 2. The van der Waals surface area contributed by atoms with Gasteiger partial charge in [0.2, 0.25) is 0 Å². The van der Waals surface area contributed by atoms with Gasteiger partial charge in [-0.3, -0.25) is 4.98 Å². The standard InChI is InChI=1S/C21H23FN4.HI/c1-2-23-21(25-13-11-16-7-9-18(22)10-8-16)26-15-20-19-6-4-3-5-17(19)12-14-24-20;/h3-10,12,14H,2,11,13,15H2,1H3,(H2,23,25,26);1H. The molecular weight excluding hydrogens is 454 g/mol. The number of benzene rings is 2. The van der Waals surface area contributed by atoms with E-state index in [0.717, 1.165) is 42.1 Å². The number of guanidine groups is 1. The third-order valence-electron chi connectivity index (χ3n) is 4.11. The van der Waals surface area contributed by atoms with E-state index in [1.807, 2.05) is 31.3 Å². The number of hydrogen-bond donors (Lipinski definition) is 2. The van der Waals surface area contributed by atoms with Crippen molar-refractivity contribution in [3.63, 3.8) is 0 Å². The molecule has 0 fully saturated rings. The molecule has 142 valence electrons. The third-order valence-corrected chi connectivity index (χ3v) is 4.11. The fraction of sp³-hybridized carbons (Fsp3) is 0.238. The van der Waals surface area contributed by atoms with Crippen molar-refractivity contribution < 1.29 is 4.39 Å². The maximum atomic E-state index is 13.0. The van der Waals surface area contributed by atoms with Crippen LogP contribution in [0, 0.1) is 5.82 Å². The van der Waals surface area contributed by atoms with E-state index in [9.17, 15) is 4.39 Å². The topological polar surface area (TPSA) is 49.3 Å². The lowest BCUT2D eigenvalue weighted by Crippen LogP contribution is -2.38. The van der Waals surface area contributed by atoms with E-state index in [0.29, 0.717) is 6.54 Å². The highest BCUT2D eigenvalue weighted by Crippen LogP contribution is 2.16. The zero-order chi connectivity index (χ0) is 18.2. The monoisotopic (exact) mass is 478 g/mol. The fourth-order valence-corrected chi connectivity index (χ4v) is 2.78. The van der Waals surface area contributed by atoms with Crippen LogP contribution >= 0.6 is 24.0 Å². The smallest absolute Gasteiger partial charge is 0.191 e. The molecular formula is C21H24FIN4. The molecule has 0 saturated carbocycles. The number of halogens is 2. The summed E-state index contributed by atoms with van der Waals surface area (Å²) in [6.45, 7) is 4.05. The summed E-state index contributed by atoms with van der Waals surface area (Å²) in [4.78, 5) is 9.13. The zero-order valence-electron chi connectivity index (χ0n) is 15.3. The molecule has 3 rings (SSSR count). The molecule has 2 aromatic carbocycles. The quantitative estimate of drug-likeness (QED) is 0.316. The Kier molecular flexibility index (Phi) is 8.44. The average molecular weight is 478 g/mol. The molecule has 2 N–H and O–H groups in total. The van der Waals surface area contributed by atoms with Crippen molar-refractivity contribution in [2.45, 2.75) is 19.9 Å². The van der Waals surface area contributed by atoms with Crippen LogP contribution in [-0.4, -0.2) is 24.0 Å². The second kappa shape index (κ2) is 10.8. The van der Waals surface area contributed by atoms with Crippen molar-refractivity contribution in [1.29, 1.82) is 0 Å². The second-order valence-electron chi connectivity index (χ2n) is 5.98. The lowest BCUT2D eigenvalue weighted by molar-refractivity contribution is 0.626. The first-order valence-corrected chi connectivity index (χ1v) is 8.85. The maximum absolute atomic E-state index is 13.0. The summed E-state index contributed by atoms with van der Waals surface area (Å²) in [6.07, 6.45) is 2.62. The Morgan fingerprint density at radius 3 is 2.59 bits per heavy atom. The van der Waals surface area contributed by atoms with Crippen molar-refractivity contribution >= 4 is 40.7 Å². The number of fused-ring (bicyclic) bond motifs is 1. The van der Waals surface area contributed by atoms with Gasteiger partial charge >= 0.3 is 0 Å². The molecule has 0 spiro atoms. The summed E-state index contributed by atoms with van der Waals surface area (Å²) in [5.41, 5.74) is 2.05. The summed E-state index contributed by atoms with van der Waals surface area (Å²) >= 11 is 0. The molecule has 0 atom stereocenters. The Hall–Kier alpha value is -2.22. The summed E-state index contributed by atoms with van der Waals surface area (Å²) < 4.78 is 13.0. The van der Waals surface area contributed by atoms with Crippen LogP contribution in [0.15, 0.2) is 65.8 Å². The summed E-state index contributed by atoms with van der Waals surface area (Å²) in [5, 5.41) is 8.86. The third kappa shape index (κ3) is 6.16. The van der Waals surface area contributed by atoms with Gasteiger partial charge in [-0.15, -0.1) is 24.0 Å². The van der Waals surface area contributed by atoms with E-state index < -0.39 is 0 Å². The average Bonchev–Trinajstić information content (AvgIpc) is 2.67. The van der Waals surface area contributed by atoms with E-state index in [4.69, 9.17) is 0 Å². The molecule has 0 amide bonds. The van der Waals surface area contributed by atoms with E-state index in [1.165, 1.54) is 17.5 Å². The van der Waals surface area contributed by atoms with Crippen LogP contribution in [0.25, 0.3) is 10.8 Å². The van der Waals surface area contributed by atoms with Crippen molar-refractivity contribution in [1.82, 2.24) is 15.6 Å². The molecule has 0 aliphatic heterocycles. The molecule has 1 aromatic heterocycles. The first-order valence-electron chi connectivity index (χ1n) is 8.85. The van der Waals surface area contributed by atoms with Crippen LogP contribution in [0.1, 0.15) is 18.2 Å². The number of nitrogens with one attached hydrogen (secondary N) is 2. The molecule has 6 heteroatoms. The number of pyridine rings is 1. The first-order chi connectivity index (χ1) is 12.8. The van der Waals surface area contributed by atoms with Crippen LogP contribution in [0.3, 0.4) is 0 Å². The summed E-state index contributed by atoms with van der Waals surface area (Å²) in [6, 6.07) is 16.8. The van der Waals surface area contributed by atoms with Gasteiger partial charge in [0.25, 0.3) is 0 Å². The van der Waals surface area contributed by atoms with E-state index in [2.05, 4.69) is 32.7 Å². The number of rotatable bonds is 6. The largest absolute Gasteiger partial charge is 0.357 e. The molecule has 4 nitrogen and oxygen atoms in total. The Bertz CT molecular complexity index is 875. The number of aliphatic imine (C=N–C) groups is 1. The lowest BCUT2D eigenvalue weighted by atomic mass is 10.1. The van der Waals surface area contributed by atoms with Crippen LogP contribution in [0.2, 0.25) is 0 Å². The van der Waals surface area contributed by atoms with Crippen molar-refractivity contribution in [2.24, 2.45) is 4.99 Å². The van der Waals surface area contributed by atoms with E-state index in [-0.39, 0.29) is 29.8 Å². The van der Waals surface area contributed by atoms with Crippen LogP contribution in [0.4, 0.5) is 4.39 Å². The molecule has 0 unspecified atom stereocenters. The molecule has 1 heterocycles. The molecule has 0 radical (unpaired) electrons. The van der Waals surface area contributed by atoms with Gasteiger partial charge in [0.05, 0.1) is 12.2 Å². The Balaban J connectivity index is 0.00000261. The van der Waals surface area contributed by atoms with Gasteiger partial charge in [-0.05, 0) is 42.5 Å². The minimum absolute atomic E-state index is 0. The minimum Gasteiger partial charge on any atom is -0.357 e. The first kappa shape index (κ1) is 21.1. The maximum Gasteiger partial charge on any atom is 0.191 e. The number of hydrogen-bond acceptors (Lipinski definition) is 2. The molecule has 0 bridgehead atoms. The highest BCUT2D eigenvalue weighted by Gasteiger charge is 2.03. The Labute approximate surface area is 176 Å². The van der Waals surface area contributed by atoms with Crippen molar-refractivity contribution in [3.05, 3.63) is 77.9 Å². The van der Waals surface area contributed by atoms with E-state index in [1.54, 1.807) is 12.1 Å². The Morgan fingerprint density at radius 1 is 1.04 bits per heavy atom.